The van der Waals surface area contributed by atoms with E-state index in [4.69, 9.17) is 14.3 Å². The van der Waals surface area contributed by atoms with Gasteiger partial charge in [-0.2, -0.15) is 0 Å². The van der Waals surface area contributed by atoms with Gasteiger partial charge in [-0.3, -0.25) is 4.79 Å². The van der Waals surface area contributed by atoms with Crippen LogP contribution in [-0.2, 0) is 9.63 Å². The van der Waals surface area contributed by atoms with Gasteiger partial charge in [0.2, 0.25) is 0 Å². The molecule has 31 heavy (non-hydrogen) atoms. The van der Waals surface area contributed by atoms with Gasteiger partial charge < -0.3 is 19.6 Å². The van der Waals surface area contributed by atoms with E-state index < -0.39 is 0 Å². The van der Waals surface area contributed by atoms with E-state index in [2.05, 4.69) is 10.5 Å². The lowest BCUT2D eigenvalue weighted by atomic mass is 9.99. The minimum absolute atomic E-state index is 0.182. The Bertz CT molecular complexity index is 1010. The average molecular weight is 416 g/mol. The second-order valence-corrected chi connectivity index (χ2v) is 7.13. The molecule has 0 bridgehead atoms. The van der Waals surface area contributed by atoms with Crippen molar-refractivity contribution >= 4 is 11.6 Å². The molecular weight excluding hydrogens is 392 g/mol. The number of fused-ring (bicyclic) bond motifs is 1. The lowest BCUT2D eigenvalue weighted by Gasteiger charge is -2.19. The Labute approximate surface area is 181 Å². The van der Waals surface area contributed by atoms with Crippen LogP contribution in [0.25, 0.3) is 0 Å². The van der Waals surface area contributed by atoms with Gasteiger partial charge in [0.05, 0.1) is 11.8 Å². The van der Waals surface area contributed by atoms with E-state index in [0.29, 0.717) is 24.7 Å². The molecular formula is C25H24N2O4. The second kappa shape index (κ2) is 9.80. The normalized spacial score (nSPS) is 13.0. The Hall–Kier alpha value is -3.80. The van der Waals surface area contributed by atoms with Gasteiger partial charge in [-0.25, -0.2) is 0 Å². The summed E-state index contributed by atoms with van der Waals surface area (Å²) in [6.07, 6.45) is 0. The van der Waals surface area contributed by atoms with Gasteiger partial charge in [0, 0.05) is 5.56 Å². The van der Waals surface area contributed by atoms with Crippen LogP contribution in [0.3, 0.4) is 0 Å². The van der Waals surface area contributed by atoms with Crippen LogP contribution in [0.5, 0.6) is 11.5 Å². The zero-order valence-corrected chi connectivity index (χ0v) is 17.3. The van der Waals surface area contributed by atoms with E-state index in [-0.39, 0.29) is 18.6 Å². The quantitative estimate of drug-likeness (QED) is 0.465. The molecule has 1 amide bonds. The molecule has 1 aliphatic rings. The third kappa shape index (κ3) is 5.22. The van der Waals surface area contributed by atoms with Gasteiger partial charge in [-0.1, -0.05) is 65.8 Å². The lowest BCUT2D eigenvalue weighted by molar-refractivity contribution is -0.126. The van der Waals surface area contributed by atoms with Crippen molar-refractivity contribution < 1.29 is 19.1 Å². The van der Waals surface area contributed by atoms with E-state index >= 15 is 0 Å². The summed E-state index contributed by atoms with van der Waals surface area (Å²) in [5.41, 5.74) is 3.49. The van der Waals surface area contributed by atoms with Crippen molar-refractivity contribution in [2.75, 3.05) is 19.8 Å². The molecule has 0 aromatic heterocycles. The first-order valence-corrected chi connectivity index (χ1v) is 10.2. The van der Waals surface area contributed by atoms with Crippen LogP contribution >= 0.6 is 0 Å². The smallest absolute Gasteiger partial charge is 0.261 e. The van der Waals surface area contributed by atoms with E-state index in [1.54, 1.807) is 0 Å². The monoisotopic (exact) mass is 416 g/mol. The van der Waals surface area contributed by atoms with E-state index in [1.165, 1.54) is 0 Å². The maximum Gasteiger partial charge on any atom is 0.261 e. The van der Waals surface area contributed by atoms with Gasteiger partial charge in [0.15, 0.2) is 18.1 Å². The third-order valence-corrected chi connectivity index (χ3v) is 4.93. The van der Waals surface area contributed by atoms with Crippen molar-refractivity contribution in [3.63, 3.8) is 0 Å². The number of ether oxygens (including phenoxy) is 2. The van der Waals surface area contributed by atoms with Crippen LogP contribution in [0.4, 0.5) is 0 Å². The maximum absolute atomic E-state index is 12.6. The van der Waals surface area contributed by atoms with Crippen molar-refractivity contribution in [2.24, 2.45) is 5.16 Å². The van der Waals surface area contributed by atoms with Crippen molar-refractivity contribution in [3.05, 3.63) is 95.6 Å². The molecule has 1 heterocycles. The van der Waals surface area contributed by atoms with Gasteiger partial charge in [0.25, 0.3) is 5.91 Å². The van der Waals surface area contributed by atoms with Crippen LogP contribution in [0.2, 0.25) is 0 Å². The number of amides is 1. The number of oxime groups is 1. The number of benzene rings is 3. The van der Waals surface area contributed by atoms with Gasteiger partial charge in [0.1, 0.15) is 13.2 Å². The summed E-state index contributed by atoms with van der Waals surface area (Å²) in [5, 5.41) is 7.13. The summed E-state index contributed by atoms with van der Waals surface area (Å²) in [7, 11) is 0. The minimum Gasteiger partial charge on any atom is -0.486 e. The van der Waals surface area contributed by atoms with E-state index in [9.17, 15) is 4.79 Å². The van der Waals surface area contributed by atoms with Crippen molar-refractivity contribution in [2.45, 2.75) is 13.0 Å². The summed E-state index contributed by atoms with van der Waals surface area (Å²) in [6.45, 7) is 2.70. The first-order valence-electron chi connectivity index (χ1n) is 10.2. The Morgan fingerprint density at radius 2 is 1.55 bits per heavy atom. The predicted octanol–water partition coefficient (Wildman–Crippen LogP) is 4.10. The highest BCUT2D eigenvalue weighted by Crippen LogP contribution is 2.31. The fourth-order valence-electron chi connectivity index (χ4n) is 3.36. The van der Waals surface area contributed by atoms with Gasteiger partial charge >= 0.3 is 0 Å². The van der Waals surface area contributed by atoms with Crippen LogP contribution in [0, 0.1) is 0 Å². The molecule has 0 aliphatic carbocycles. The fraction of sp³-hybridized carbons (Fsp3) is 0.200. The van der Waals surface area contributed by atoms with Crippen molar-refractivity contribution in [1.29, 1.82) is 0 Å². The van der Waals surface area contributed by atoms with Crippen LogP contribution < -0.4 is 14.8 Å². The second-order valence-electron chi connectivity index (χ2n) is 7.13. The van der Waals surface area contributed by atoms with E-state index in [0.717, 1.165) is 22.4 Å². The van der Waals surface area contributed by atoms with Crippen LogP contribution in [-0.4, -0.2) is 31.4 Å². The number of hydrogen-bond donors (Lipinski definition) is 1. The lowest BCUT2D eigenvalue weighted by Crippen LogP contribution is -2.32. The average Bonchev–Trinajstić information content (AvgIpc) is 2.83. The first kappa shape index (κ1) is 20.5. The Morgan fingerprint density at radius 1 is 0.935 bits per heavy atom. The minimum atomic E-state index is -0.263. The topological polar surface area (TPSA) is 69.2 Å². The number of carbonyl (C=O) groups excluding carboxylic acids is 1. The van der Waals surface area contributed by atoms with Gasteiger partial charge in [-0.05, 0) is 36.2 Å². The molecule has 0 spiro atoms. The van der Waals surface area contributed by atoms with Gasteiger partial charge in [-0.15, -0.1) is 0 Å². The van der Waals surface area contributed by atoms with Crippen LogP contribution in [0.1, 0.15) is 29.7 Å². The molecule has 158 valence electrons. The molecule has 6 heteroatoms. The highest BCUT2D eigenvalue weighted by atomic mass is 16.6. The summed E-state index contributed by atoms with van der Waals surface area (Å²) in [5.74, 6) is 1.15. The molecule has 0 fully saturated rings. The molecule has 0 saturated carbocycles. The molecule has 3 aromatic carbocycles. The molecule has 3 aromatic rings. The zero-order chi connectivity index (χ0) is 21.5. The Kier molecular flexibility index (Phi) is 6.47. The molecule has 1 aliphatic heterocycles. The Balaban J connectivity index is 1.39. The molecule has 0 radical (unpaired) electrons. The number of rotatable bonds is 7. The molecule has 6 nitrogen and oxygen atoms in total. The molecule has 0 saturated heterocycles. The highest BCUT2D eigenvalue weighted by Gasteiger charge is 2.17. The largest absolute Gasteiger partial charge is 0.486 e. The molecule has 1 N–H and O–H groups in total. The highest BCUT2D eigenvalue weighted by molar-refractivity contribution is 5.99. The SMILES string of the molecule is CC(=NOCC(=O)NC(c1ccccc1)c1ccccc1)c1ccc2c(c1)OCCO2. The number of hydrogen-bond acceptors (Lipinski definition) is 5. The number of nitrogens with one attached hydrogen (secondary N) is 1. The van der Waals surface area contributed by atoms with E-state index in [1.807, 2.05) is 85.8 Å². The number of carbonyl (C=O) groups is 1. The predicted molar refractivity (Wildman–Crippen MR) is 118 cm³/mol. The fourth-order valence-corrected chi connectivity index (χ4v) is 3.36. The maximum atomic E-state index is 12.6. The van der Waals surface area contributed by atoms with Crippen molar-refractivity contribution in [3.8, 4) is 11.5 Å². The summed E-state index contributed by atoms with van der Waals surface area (Å²) < 4.78 is 11.1. The first-order chi connectivity index (χ1) is 15.2. The van der Waals surface area contributed by atoms with Crippen molar-refractivity contribution in [1.82, 2.24) is 5.32 Å². The summed E-state index contributed by atoms with van der Waals surface area (Å²) in [4.78, 5) is 17.9. The summed E-state index contributed by atoms with van der Waals surface area (Å²) >= 11 is 0. The molecule has 0 unspecified atom stereocenters. The Morgan fingerprint density at radius 3 is 2.19 bits per heavy atom. The number of nitrogens with zero attached hydrogens (tertiary/aromatic N) is 1. The summed E-state index contributed by atoms with van der Waals surface area (Å²) in [6, 6.07) is 25.0. The van der Waals surface area contributed by atoms with Crippen LogP contribution in [0.15, 0.2) is 84.0 Å². The molecule has 0 atom stereocenters. The molecule has 4 rings (SSSR count). The standard InChI is InChI=1S/C25H24N2O4/c1-18(21-12-13-22-23(16-21)30-15-14-29-22)27-31-17-24(28)26-25(19-8-4-2-5-9-19)20-10-6-3-7-11-20/h2-13,16,25H,14-15,17H2,1H3,(H,26,28). The zero-order valence-electron chi connectivity index (χ0n) is 17.3. The third-order valence-electron chi connectivity index (χ3n) is 4.93.